The average Bonchev–Trinajstić information content (AvgIpc) is 3.18. The van der Waals surface area contributed by atoms with Crippen molar-refractivity contribution in [1.29, 1.82) is 0 Å². The summed E-state index contributed by atoms with van der Waals surface area (Å²) in [6, 6.07) is 14.5. The number of carboxylic acid groups (broad SMARTS) is 1. The van der Waals surface area contributed by atoms with E-state index in [1.165, 1.54) is 16.7 Å². The molecule has 2 N–H and O–H groups in total. The molecule has 1 aromatic heterocycles. The van der Waals surface area contributed by atoms with Gasteiger partial charge in [-0.05, 0) is 43.3 Å². The highest BCUT2D eigenvalue weighted by Crippen LogP contribution is 2.28. The third-order valence-electron chi connectivity index (χ3n) is 5.96. The van der Waals surface area contributed by atoms with Crippen molar-refractivity contribution in [3.8, 4) is 11.4 Å². The molecule has 0 aliphatic carbocycles. The number of nitrogens with zero attached hydrogens (tertiary/aromatic N) is 4. The Labute approximate surface area is 185 Å². The SMILES string of the molecule is COc1ccccc1N1CCN(C(C)Cc2n[nH]c(=O)n2-c2ccc(C(=O)O)cc2)CC1. The predicted molar refractivity (Wildman–Crippen MR) is 121 cm³/mol. The maximum Gasteiger partial charge on any atom is 0.347 e. The monoisotopic (exact) mass is 437 g/mol. The second kappa shape index (κ2) is 9.27. The van der Waals surface area contributed by atoms with Gasteiger partial charge in [0.15, 0.2) is 0 Å². The van der Waals surface area contributed by atoms with Crippen LogP contribution in [0.3, 0.4) is 0 Å². The first kappa shape index (κ1) is 21.6. The number of methoxy groups -OCH3 is 1. The van der Waals surface area contributed by atoms with E-state index in [-0.39, 0.29) is 17.3 Å². The number of nitrogens with one attached hydrogen (secondary N) is 1. The normalized spacial score (nSPS) is 15.5. The molecule has 0 amide bonds. The molecule has 1 saturated heterocycles. The van der Waals surface area contributed by atoms with Gasteiger partial charge >= 0.3 is 11.7 Å². The molecule has 2 heterocycles. The highest BCUT2D eigenvalue weighted by Gasteiger charge is 2.24. The maximum atomic E-state index is 12.4. The van der Waals surface area contributed by atoms with Crippen LogP contribution in [0.2, 0.25) is 0 Å². The molecule has 1 fully saturated rings. The van der Waals surface area contributed by atoms with E-state index in [2.05, 4.69) is 33.0 Å². The van der Waals surface area contributed by atoms with Crippen LogP contribution in [0, 0.1) is 0 Å². The third kappa shape index (κ3) is 4.38. The van der Waals surface area contributed by atoms with Crippen LogP contribution in [-0.4, -0.2) is 70.1 Å². The molecule has 1 aliphatic rings. The smallest absolute Gasteiger partial charge is 0.347 e. The van der Waals surface area contributed by atoms with Crippen molar-refractivity contribution >= 4 is 11.7 Å². The summed E-state index contributed by atoms with van der Waals surface area (Å²) in [6.07, 6.45) is 0.591. The fraction of sp³-hybridized carbons (Fsp3) is 0.348. The Bertz CT molecular complexity index is 1130. The first-order valence-corrected chi connectivity index (χ1v) is 10.6. The Kier molecular flexibility index (Phi) is 6.27. The zero-order chi connectivity index (χ0) is 22.7. The van der Waals surface area contributed by atoms with Gasteiger partial charge in [-0.15, -0.1) is 0 Å². The number of carbonyl (C=O) groups is 1. The number of aromatic carboxylic acids is 1. The fourth-order valence-corrected chi connectivity index (χ4v) is 4.17. The summed E-state index contributed by atoms with van der Waals surface area (Å²) >= 11 is 0. The summed E-state index contributed by atoms with van der Waals surface area (Å²) in [6.45, 7) is 5.68. The van der Waals surface area contributed by atoms with Gasteiger partial charge in [0.2, 0.25) is 0 Å². The van der Waals surface area contributed by atoms with Crippen LogP contribution in [-0.2, 0) is 6.42 Å². The first-order valence-electron chi connectivity index (χ1n) is 10.6. The summed E-state index contributed by atoms with van der Waals surface area (Å²) < 4.78 is 7.01. The number of hydrogen-bond acceptors (Lipinski definition) is 6. The number of benzene rings is 2. The van der Waals surface area contributed by atoms with Crippen LogP contribution in [0.1, 0.15) is 23.1 Å². The number of aromatic nitrogens is 3. The van der Waals surface area contributed by atoms with Crippen LogP contribution in [0.15, 0.2) is 53.3 Å². The molecule has 32 heavy (non-hydrogen) atoms. The number of para-hydroxylation sites is 2. The summed E-state index contributed by atoms with van der Waals surface area (Å²) in [7, 11) is 1.69. The van der Waals surface area contributed by atoms with Crippen molar-refractivity contribution in [3.05, 3.63) is 70.4 Å². The van der Waals surface area contributed by atoms with Gasteiger partial charge in [0.05, 0.1) is 24.0 Å². The quantitative estimate of drug-likeness (QED) is 0.583. The van der Waals surface area contributed by atoms with Gasteiger partial charge in [0.1, 0.15) is 11.6 Å². The molecule has 0 radical (unpaired) electrons. The Balaban J connectivity index is 1.44. The van der Waals surface area contributed by atoms with E-state index in [4.69, 9.17) is 9.84 Å². The van der Waals surface area contributed by atoms with Crippen molar-refractivity contribution in [2.24, 2.45) is 0 Å². The van der Waals surface area contributed by atoms with Crippen LogP contribution in [0.5, 0.6) is 5.75 Å². The molecule has 0 bridgehead atoms. The molecule has 1 unspecified atom stereocenters. The van der Waals surface area contributed by atoms with E-state index in [1.54, 1.807) is 19.2 Å². The van der Waals surface area contributed by atoms with Crippen molar-refractivity contribution < 1.29 is 14.6 Å². The molecule has 4 rings (SSSR count). The van der Waals surface area contributed by atoms with E-state index in [0.717, 1.165) is 37.6 Å². The number of H-pyrrole nitrogens is 1. The van der Waals surface area contributed by atoms with Crippen molar-refractivity contribution in [3.63, 3.8) is 0 Å². The molecule has 1 aliphatic heterocycles. The molecule has 168 valence electrons. The van der Waals surface area contributed by atoms with Gasteiger partial charge in [0.25, 0.3) is 0 Å². The average molecular weight is 438 g/mol. The fourth-order valence-electron chi connectivity index (χ4n) is 4.17. The lowest BCUT2D eigenvalue weighted by atomic mass is 10.1. The highest BCUT2D eigenvalue weighted by atomic mass is 16.5. The molecule has 0 saturated carbocycles. The number of ether oxygens (including phenoxy) is 1. The minimum atomic E-state index is -1.00. The van der Waals surface area contributed by atoms with Gasteiger partial charge in [-0.2, -0.15) is 5.10 Å². The molecule has 0 spiro atoms. The molecular formula is C23H27N5O4. The molecular weight excluding hydrogens is 410 g/mol. The lowest BCUT2D eigenvalue weighted by Gasteiger charge is -2.39. The van der Waals surface area contributed by atoms with Crippen LogP contribution >= 0.6 is 0 Å². The number of hydrogen-bond donors (Lipinski definition) is 2. The number of anilines is 1. The van der Waals surface area contributed by atoms with Gasteiger partial charge < -0.3 is 14.7 Å². The summed E-state index contributed by atoms with van der Waals surface area (Å²) in [5.41, 5.74) is 1.54. The van der Waals surface area contributed by atoms with Crippen molar-refractivity contribution in [2.45, 2.75) is 19.4 Å². The molecule has 1 atom stereocenters. The van der Waals surface area contributed by atoms with E-state index in [9.17, 15) is 9.59 Å². The molecule has 9 heteroatoms. The topological polar surface area (TPSA) is 104 Å². The molecule has 3 aromatic rings. The number of piperazine rings is 1. The minimum absolute atomic E-state index is 0.174. The van der Waals surface area contributed by atoms with Crippen molar-refractivity contribution in [1.82, 2.24) is 19.7 Å². The Morgan fingerprint density at radius 1 is 1.12 bits per heavy atom. The van der Waals surface area contributed by atoms with Gasteiger partial charge in [-0.25, -0.2) is 19.3 Å². The first-order chi connectivity index (χ1) is 15.5. The second-order valence-electron chi connectivity index (χ2n) is 7.88. The second-order valence-corrected chi connectivity index (χ2v) is 7.88. The van der Waals surface area contributed by atoms with Crippen molar-refractivity contribution in [2.75, 3.05) is 38.2 Å². The van der Waals surface area contributed by atoms with Crippen LogP contribution in [0.4, 0.5) is 5.69 Å². The zero-order valence-electron chi connectivity index (χ0n) is 18.2. The predicted octanol–water partition coefficient (Wildman–Crippen LogP) is 2.02. The van der Waals surface area contributed by atoms with Crippen LogP contribution in [0.25, 0.3) is 5.69 Å². The number of aromatic amines is 1. The van der Waals surface area contributed by atoms with Gasteiger partial charge in [0, 0.05) is 38.6 Å². The van der Waals surface area contributed by atoms with E-state index < -0.39 is 5.97 Å². The summed E-state index contributed by atoms with van der Waals surface area (Å²) in [5, 5.41) is 15.8. The lowest BCUT2D eigenvalue weighted by molar-refractivity contribution is 0.0697. The van der Waals surface area contributed by atoms with Gasteiger partial charge in [-0.1, -0.05) is 12.1 Å². The number of carboxylic acids is 1. The van der Waals surface area contributed by atoms with Crippen LogP contribution < -0.4 is 15.3 Å². The highest BCUT2D eigenvalue weighted by molar-refractivity contribution is 5.87. The zero-order valence-corrected chi connectivity index (χ0v) is 18.2. The minimum Gasteiger partial charge on any atom is -0.495 e. The molecule has 9 nitrogen and oxygen atoms in total. The Hall–Kier alpha value is -3.59. The van der Waals surface area contributed by atoms with Gasteiger partial charge in [-0.3, -0.25) is 4.90 Å². The van der Waals surface area contributed by atoms with E-state index >= 15 is 0 Å². The third-order valence-corrected chi connectivity index (χ3v) is 5.96. The standard InChI is InChI=1S/C23H27N5O4/c1-16(26-11-13-27(14-12-26)19-5-3-4-6-20(19)32-2)15-21-24-25-23(31)28(21)18-9-7-17(8-10-18)22(29)30/h3-10,16H,11-15H2,1-2H3,(H,25,31)(H,29,30). The number of rotatable bonds is 7. The molecule has 2 aromatic carbocycles. The Morgan fingerprint density at radius 2 is 1.81 bits per heavy atom. The summed E-state index contributed by atoms with van der Waals surface area (Å²) in [5.74, 6) is 0.499. The van der Waals surface area contributed by atoms with E-state index in [0.29, 0.717) is 17.9 Å². The largest absolute Gasteiger partial charge is 0.495 e. The Morgan fingerprint density at radius 3 is 2.47 bits per heavy atom. The maximum absolute atomic E-state index is 12.4. The van der Waals surface area contributed by atoms with E-state index in [1.807, 2.05) is 18.2 Å². The lowest BCUT2D eigenvalue weighted by Crippen LogP contribution is -2.50. The summed E-state index contributed by atoms with van der Waals surface area (Å²) in [4.78, 5) is 28.2.